The molecule has 0 radical (unpaired) electrons. The Bertz CT molecular complexity index is 2480. The summed E-state index contributed by atoms with van der Waals surface area (Å²) in [6.07, 6.45) is 0. The van der Waals surface area contributed by atoms with Crippen molar-refractivity contribution in [3.8, 4) is 17.2 Å². The molecular formula is C49H51N3O. The maximum atomic E-state index is 6.90. The molecule has 0 spiro atoms. The number of hydrogen-bond donors (Lipinski definition) is 0. The molecule has 0 fully saturated rings. The van der Waals surface area contributed by atoms with E-state index in [0.717, 1.165) is 28.4 Å². The monoisotopic (exact) mass is 697 g/mol. The Hall–Kier alpha value is -5.48. The minimum absolute atomic E-state index is 0.00825. The lowest BCUT2D eigenvalue weighted by atomic mass is 9.85. The number of hydrogen-bond acceptors (Lipinski definition) is 3. The van der Waals surface area contributed by atoms with Crippen LogP contribution < -0.4 is 14.5 Å². The molecule has 53 heavy (non-hydrogen) atoms. The fourth-order valence-corrected chi connectivity index (χ4v) is 7.76. The van der Waals surface area contributed by atoms with Gasteiger partial charge in [-0.25, -0.2) is 0 Å². The molecule has 1 aliphatic rings. The molecule has 0 bridgehead atoms. The van der Waals surface area contributed by atoms with Gasteiger partial charge >= 0.3 is 0 Å². The van der Waals surface area contributed by atoms with E-state index in [0.29, 0.717) is 6.67 Å². The minimum atomic E-state index is -0.0830. The lowest BCUT2D eigenvalue weighted by Crippen LogP contribution is -2.27. The van der Waals surface area contributed by atoms with Crippen LogP contribution in [0.3, 0.4) is 0 Å². The summed E-state index contributed by atoms with van der Waals surface area (Å²) >= 11 is 0. The Labute approximate surface area is 315 Å². The summed E-state index contributed by atoms with van der Waals surface area (Å²) in [4.78, 5) is 4.89. The van der Waals surface area contributed by atoms with Gasteiger partial charge in [0.15, 0.2) is 0 Å². The molecule has 2 heterocycles. The highest BCUT2D eigenvalue weighted by Crippen LogP contribution is 2.48. The average molecular weight is 698 g/mol. The second-order valence-electron chi connectivity index (χ2n) is 17.7. The van der Waals surface area contributed by atoms with Crippen molar-refractivity contribution in [1.82, 2.24) is 4.57 Å². The predicted octanol–water partition coefficient (Wildman–Crippen LogP) is 13.7. The molecule has 268 valence electrons. The maximum Gasteiger partial charge on any atom is 0.129 e. The number of benzene rings is 6. The molecule has 0 N–H and O–H groups in total. The maximum absolute atomic E-state index is 6.90. The van der Waals surface area contributed by atoms with Gasteiger partial charge in [-0.05, 0) is 93.6 Å². The standard InChI is InChI=1S/C49H51N3O/c1-47(2,3)33-17-16-18-35(27-33)52-42-21-12-10-19-39(42)40-26-25-37(31-46(40)52)53-38-29-34(48(4,5)6)28-36(30-38)50-32-51(45-24-15-14-23-44(45)50)43-22-13-11-20-41(43)49(7,8)9/h10-31H,32H2,1-9H3. The summed E-state index contributed by atoms with van der Waals surface area (Å²) in [5, 5.41) is 2.44. The van der Waals surface area contributed by atoms with Crippen molar-refractivity contribution in [3.63, 3.8) is 0 Å². The number of rotatable bonds is 5. The lowest BCUT2D eigenvalue weighted by molar-refractivity contribution is 0.479. The van der Waals surface area contributed by atoms with Gasteiger partial charge in [0.1, 0.15) is 18.2 Å². The molecule has 0 unspecified atom stereocenters. The van der Waals surface area contributed by atoms with E-state index in [4.69, 9.17) is 4.74 Å². The van der Waals surface area contributed by atoms with Gasteiger partial charge in [0, 0.05) is 40.0 Å². The van der Waals surface area contributed by atoms with Crippen molar-refractivity contribution in [2.24, 2.45) is 0 Å². The highest BCUT2D eigenvalue weighted by Gasteiger charge is 2.32. The lowest BCUT2D eigenvalue weighted by Gasteiger charge is -2.30. The number of para-hydroxylation sites is 4. The third-order valence-electron chi connectivity index (χ3n) is 10.7. The number of anilines is 4. The van der Waals surface area contributed by atoms with Gasteiger partial charge in [0.05, 0.1) is 22.4 Å². The van der Waals surface area contributed by atoms with Crippen molar-refractivity contribution in [2.45, 2.75) is 78.6 Å². The van der Waals surface area contributed by atoms with Crippen LogP contribution in [0, 0.1) is 0 Å². The molecular weight excluding hydrogens is 647 g/mol. The van der Waals surface area contributed by atoms with Gasteiger partial charge in [0.2, 0.25) is 0 Å². The first-order valence-electron chi connectivity index (χ1n) is 18.9. The fourth-order valence-electron chi connectivity index (χ4n) is 7.76. The topological polar surface area (TPSA) is 20.6 Å². The largest absolute Gasteiger partial charge is 0.457 e. The van der Waals surface area contributed by atoms with Crippen LogP contribution in [0.5, 0.6) is 11.5 Å². The predicted molar refractivity (Wildman–Crippen MR) is 225 cm³/mol. The van der Waals surface area contributed by atoms with E-state index < -0.39 is 0 Å². The first-order chi connectivity index (χ1) is 25.2. The zero-order valence-electron chi connectivity index (χ0n) is 32.7. The van der Waals surface area contributed by atoms with Crippen molar-refractivity contribution in [2.75, 3.05) is 16.5 Å². The average Bonchev–Trinajstić information content (AvgIpc) is 3.67. The SMILES string of the molecule is CC(C)(C)c1cc(Oc2ccc3c4ccccc4n(-c4cccc(C(C)(C)C)c4)c3c2)cc(N2CN(c3ccccc3C(C)(C)C)c3ccccc32)c1. The van der Waals surface area contributed by atoms with Gasteiger partial charge in [-0.1, -0.05) is 123 Å². The molecule has 4 heteroatoms. The Morgan fingerprint density at radius 1 is 0.434 bits per heavy atom. The number of nitrogens with zero attached hydrogens (tertiary/aromatic N) is 3. The van der Waals surface area contributed by atoms with Crippen LogP contribution in [0.25, 0.3) is 27.5 Å². The summed E-state index contributed by atoms with van der Waals surface area (Å²) in [5.41, 5.74) is 12.1. The Morgan fingerprint density at radius 3 is 1.77 bits per heavy atom. The van der Waals surface area contributed by atoms with E-state index in [1.165, 1.54) is 50.0 Å². The van der Waals surface area contributed by atoms with Crippen molar-refractivity contribution in [1.29, 1.82) is 0 Å². The van der Waals surface area contributed by atoms with Gasteiger partial charge in [-0.15, -0.1) is 0 Å². The van der Waals surface area contributed by atoms with E-state index in [9.17, 15) is 0 Å². The molecule has 6 aromatic carbocycles. The van der Waals surface area contributed by atoms with Crippen LogP contribution >= 0.6 is 0 Å². The smallest absolute Gasteiger partial charge is 0.129 e. The normalized spacial score (nSPS) is 13.6. The molecule has 0 saturated carbocycles. The Kier molecular flexibility index (Phi) is 8.21. The van der Waals surface area contributed by atoms with E-state index in [1.807, 2.05) is 0 Å². The van der Waals surface area contributed by atoms with E-state index >= 15 is 0 Å². The summed E-state index contributed by atoms with van der Waals surface area (Å²) in [7, 11) is 0. The molecule has 4 nitrogen and oxygen atoms in total. The minimum Gasteiger partial charge on any atom is -0.457 e. The summed E-state index contributed by atoms with van der Waals surface area (Å²) in [6.45, 7) is 21.2. The molecule has 1 aliphatic heterocycles. The molecule has 7 aromatic rings. The summed E-state index contributed by atoms with van der Waals surface area (Å²) in [6, 6.07) is 48.5. The van der Waals surface area contributed by atoms with Crippen LogP contribution in [-0.2, 0) is 16.2 Å². The first kappa shape index (κ1) is 34.6. The highest BCUT2D eigenvalue weighted by atomic mass is 16.5. The summed E-state index contributed by atoms with van der Waals surface area (Å²) in [5.74, 6) is 1.64. The molecule has 0 saturated heterocycles. The zero-order valence-corrected chi connectivity index (χ0v) is 32.7. The second-order valence-corrected chi connectivity index (χ2v) is 17.7. The van der Waals surface area contributed by atoms with Crippen LogP contribution in [0.4, 0.5) is 22.7 Å². The molecule has 8 rings (SSSR count). The molecule has 0 aliphatic carbocycles. The first-order valence-corrected chi connectivity index (χ1v) is 18.9. The fraction of sp³-hybridized carbons (Fsp3) is 0.265. The van der Waals surface area contributed by atoms with Gasteiger partial charge < -0.3 is 19.1 Å². The third kappa shape index (κ3) is 6.35. The van der Waals surface area contributed by atoms with Crippen LogP contribution in [0.2, 0.25) is 0 Å². The molecule has 0 atom stereocenters. The summed E-state index contributed by atoms with van der Waals surface area (Å²) < 4.78 is 9.28. The van der Waals surface area contributed by atoms with Crippen molar-refractivity contribution in [3.05, 3.63) is 150 Å². The Balaban J connectivity index is 1.22. The van der Waals surface area contributed by atoms with Gasteiger partial charge in [-0.2, -0.15) is 0 Å². The van der Waals surface area contributed by atoms with E-state index in [1.54, 1.807) is 0 Å². The van der Waals surface area contributed by atoms with E-state index in [2.05, 4.69) is 210 Å². The zero-order chi connectivity index (χ0) is 37.3. The van der Waals surface area contributed by atoms with Crippen LogP contribution in [-0.4, -0.2) is 11.2 Å². The number of fused-ring (bicyclic) bond motifs is 4. The van der Waals surface area contributed by atoms with E-state index in [-0.39, 0.29) is 16.2 Å². The van der Waals surface area contributed by atoms with Crippen LogP contribution in [0.1, 0.15) is 79.0 Å². The Morgan fingerprint density at radius 2 is 1.06 bits per heavy atom. The van der Waals surface area contributed by atoms with Crippen molar-refractivity contribution >= 4 is 44.6 Å². The molecule has 1 aromatic heterocycles. The number of ether oxygens (including phenoxy) is 1. The second kappa shape index (κ2) is 12.6. The quantitative estimate of drug-likeness (QED) is 0.179. The number of aromatic nitrogens is 1. The van der Waals surface area contributed by atoms with Crippen molar-refractivity contribution < 1.29 is 4.74 Å². The van der Waals surface area contributed by atoms with Crippen LogP contribution in [0.15, 0.2) is 133 Å². The highest BCUT2D eigenvalue weighted by molar-refractivity contribution is 6.09. The van der Waals surface area contributed by atoms with Gasteiger partial charge in [0.25, 0.3) is 0 Å². The van der Waals surface area contributed by atoms with Gasteiger partial charge in [-0.3, -0.25) is 0 Å². The molecule has 0 amide bonds. The third-order valence-corrected chi connectivity index (χ3v) is 10.7.